The Morgan fingerprint density at radius 3 is 2.56 bits per heavy atom. The Bertz CT molecular complexity index is 394. The minimum atomic E-state index is -0.879. The zero-order valence-corrected chi connectivity index (χ0v) is 13.6. The quantitative estimate of drug-likeness (QED) is 0.796. The third-order valence-electron chi connectivity index (χ3n) is 2.47. The van der Waals surface area contributed by atoms with Crippen LogP contribution in [-0.2, 0) is 4.79 Å². The van der Waals surface area contributed by atoms with E-state index in [0.717, 1.165) is 12.1 Å². The van der Waals surface area contributed by atoms with Crippen molar-refractivity contribution in [2.45, 2.75) is 12.8 Å². The number of hydrogen-bond donors (Lipinski definition) is 2. The summed E-state index contributed by atoms with van der Waals surface area (Å²) < 4.78 is 1.48. The average molecular weight is 344 g/mol. The first kappa shape index (κ1) is 14.3. The van der Waals surface area contributed by atoms with Gasteiger partial charge in [-0.2, -0.15) is 0 Å². The Morgan fingerprint density at radius 1 is 1.28 bits per heavy atom. The Balaban J connectivity index is 1.88. The SMILES string of the molecule is NCCCC(=O)Nc1ccc([As]2SCCS2)cc1. The molecule has 3 nitrogen and oxygen atoms in total. The van der Waals surface area contributed by atoms with Crippen LogP contribution < -0.4 is 15.4 Å². The Hall–Kier alpha value is -0.0916. The molecule has 0 unspecified atom stereocenters. The fourth-order valence-electron chi connectivity index (χ4n) is 1.58. The van der Waals surface area contributed by atoms with Gasteiger partial charge in [0.1, 0.15) is 0 Å². The summed E-state index contributed by atoms with van der Waals surface area (Å²) in [5.41, 5.74) is 6.27. The summed E-state index contributed by atoms with van der Waals surface area (Å²) in [7, 11) is 4.27. The molecule has 1 aliphatic heterocycles. The fraction of sp³-hybridized carbons (Fsp3) is 0.417. The van der Waals surface area contributed by atoms with Crippen LogP contribution in [0.25, 0.3) is 0 Å². The van der Waals surface area contributed by atoms with Crippen molar-refractivity contribution in [3.63, 3.8) is 0 Å². The maximum absolute atomic E-state index is 11.5. The van der Waals surface area contributed by atoms with E-state index in [4.69, 9.17) is 5.73 Å². The number of rotatable bonds is 5. The van der Waals surface area contributed by atoms with Crippen LogP contribution in [0.3, 0.4) is 0 Å². The van der Waals surface area contributed by atoms with Crippen LogP contribution in [0.4, 0.5) is 5.69 Å². The fourth-order valence-corrected chi connectivity index (χ4v) is 15.7. The second-order valence-electron chi connectivity index (χ2n) is 3.91. The number of carbonyl (C=O) groups excluding carboxylic acids is 1. The molecule has 98 valence electrons. The number of nitrogens with one attached hydrogen (secondary N) is 1. The molecule has 18 heavy (non-hydrogen) atoms. The Morgan fingerprint density at radius 2 is 1.94 bits per heavy atom. The summed E-state index contributed by atoms with van der Waals surface area (Å²) in [6.45, 7) is 0.564. The summed E-state index contributed by atoms with van der Waals surface area (Å²) in [6.07, 6.45) is 1.24. The summed E-state index contributed by atoms with van der Waals surface area (Å²) in [4.78, 5) is 11.5. The van der Waals surface area contributed by atoms with Gasteiger partial charge < -0.3 is 0 Å². The molecule has 0 spiro atoms. The number of amides is 1. The van der Waals surface area contributed by atoms with E-state index in [1.807, 2.05) is 12.1 Å². The molecule has 1 aliphatic rings. The normalized spacial score (nSPS) is 15.8. The molecule has 3 N–H and O–H groups in total. The molecule has 1 aromatic carbocycles. The first-order chi connectivity index (χ1) is 8.79. The molecule has 1 heterocycles. The molecule has 1 aromatic rings. The van der Waals surface area contributed by atoms with Crippen LogP contribution in [0.5, 0.6) is 0 Å². The predicted molar refractivity (Wildman–Crippen MR) is 83.7 cm³/mol. The number of carbonyl (C=O) groups is 1. The van der Waals surface area contributed by atoms with Crippen molar-refractivity contribution in [2.24, 2.45) is 5.73 Å². The second-order valence-corrected chi connectivity index (χ2v) is 15.7. The molecule has 0 radical (unpaired) electrons. The van der Waals surface area contributed by atoms with Gasteiger partial charge in [0.25, 0.3) is 0 Å². The van der Waals surface area contributed by atoms with Crippen molar-refractivity contribution in [3.8, 4) is 0 Å². The van der Waals surface area contributed by atoms with E-state index in [1.54, 1.807) is 0 Å². The predicted octanol–water partition coefficient (Wildman–Crippen LogP) is 1.54. The van der Waals surface area contributed by atoms with Crippen LogP contribution in [0, 0.1) is 0 Å². The molecule has 0 aromatic heterocycles. The summed E-state index contributed by atoms with van der Waals surface area (Å²) in [5, 5.41) is 2.90. The van der Waals surface area contributed by atoms with Gasteiger partial charge in [-0.05, 0) is 0 Å². The third-order valence-corrected chi connectivity index (χ3v) is 16.2. The van der Waals surface area contributed by atoms with E-state index in [9.17, 15) is 4.79 Å². The molecular weight excluding hydrogens is 327 g/mol. The molecule has 1 saturated heterocycles. The van der Waals surface area contributed by atoms with Gasteiger partial charge in [-0.15, -0.1) is 0 Å². The third kappa shape index (κ3) is 4.23. The first-order valence-electron chi connectivity index (χ1n) is 5.95. The summed E-state index contributed by atoms with van der Waals surface area (Å²) in [6, 6.07) is 8.38. The van der Waals surface area contributed by atoms with Crippen molar-refractivity contribution in [1.29, 1.82) is 0 Å². The van der Waals surface area contributed by atoms with Gasteiger partial charge >= 0.3 is 119 Å². The van der Waals surface area contributed by atoms with Crippen LogP contribution in [-0.4, -0.2) is 36.3 Å². The molecule has 2 rings (SSSR count). The zero-order chi connectivity index (χ0) is 12.8. The Kier molecular flexibility index (Phi) is 5.96. The summed E-state index contributed by atoms with van der Waals surface area (Å²) in [5.74, 6) is 2.64. The van der Waals surface area contributed by atoms with Crippen molar-refractivity contribution in [1.82, 2.24) is 0 Å². The topological polar surface area (TPSA) is 55.1 Å². The van der Waals surface area contributed by atoms with Crippen LogP contribution in [0.15, 0.2) is 24.3 Å². The summed E-state index contributed by atoms with van der Waals surface area (Å²) >= 11 is -0.879. The standard InChI is InChI=1S/C12H17AsN2OS2/c14-7-1-2-12(16)15-11-5-3-10(4-6-11)13-17-8-9-18-13/h3-6H,1-2,7-9,14H2,(H,15,16). The van der Waals surface area contributed by atoms with E-state index in [-0.39, 0.29) is 5.91 Å². The van der Waals surface area contributed by atoms with Crippen LogP contribution >= 0.6 is 20.0 Å². The monoisotopic (exact) mass is 344 g/mol. The molecule has 0 saturated carbocycles. The van der Waals surface area contributed by atoms with Crippen LogP contribution in [0.2, 0.25) is 0 Å². The Labute approximate surface area is 119 Å². The van der Waals surface area contributed by atoms with Gasteiger partial charge in [-0.25, -0.2) is 0 Å². The minimum absolute atomic E-state index is 0.0515. The molecule has 0 aliphatic carbocycles. The maximum atomic E-state index is 11.5. The number of nitrogens with two attached hydrogens (primary N) is 1. The second kappa shape index (κ2) is 7.49. The number of anilines is 1. The zero-order valence-electron chi connectivity index (χ0n) is 10.1. The molecular formula is C12H17AsN2OS2. The average Bonchev–Trinajstić information content (AvgIpc) is 2.91. The van der Waals surface area contributed by atoms with Gasteiger partial charge in [-0.3, -0.25) is 0 Å². The van der Waals surface area contributed by atoms with Gasteiger partial charge in [0.05, 0.1) is 0 Å². The van der Waals surface area contributed by atoms with E-state index in [1.165, 1.54) is 15.9 Å². The van der Waals surface area contributed by atoms with Gasteiger partial charge in [0, 0.05) is 0 Å². The van der Waals surface area contributed by atoms with Crippen molar-refractivity contribution in [3.05, 3.63) is 24.3 Å². The van der Waals surface area contributed by atoms with Crippen molar-refractivity contribution >= 4 is 48.3 Å². The number of hydrogen-bond acceptors (Lipinski definition) is 4. The van der Waals surface area contributed by atoms with E-state index >= 15 is 0 Å². The van der Waals surface area contributed by atoms with Gasteiger partial charge in [0.2, 0.25) is 0 Å². The molecule has 1 amide bonds. The molecule has 0 bridgehead atoms. The molecule has 0 atom stereocenters. The number of benzene rings is 1. The van der Waals surface area contributed by atoms with Crippen LogP contribution in [0.1, 0.15) is 12.8 Å². The molecule has 1 fully saturated rings. The van der Waals surface area contributed by atoms with E-state index < -0.39 is 12.3 Å². The van der Waals surface area contributed by atoms with Gasteiger partial charge in [-0.1, -0.05) is 0 Å². The van der Waals surface area contributed by atoms with E-state index in [2.05, 4.69) is 37.5 Å². The molecule has 6 heteroatoms. The van der Waals surface area contributed by atoms with E-state index in [0.29, 0.717) is 13.0 Å². The van der Waals surface area contributed by atoms with Crippen molar-refractivity contribution < 1.29 is 4.79 Å². The van der Waals surface area contributed by atoms with Gasteiger partial charge in [0.15, 0.2) is 0 Å². The van der Waals surface area contributed by atoms with Crippen molar-refractivity contribution in [2.75, 3.05) is 23.4 Å². The first-order valence-corrected chi connectivity index (χ1v) is 13.4.